The van der Waals surface area contributed by atoms with Gasteiger partial charge >= 0.3 is 0 Å². The van der Waals surface area contributed by atoms with Crippen LogP contribution >= 0.6 is 11.6 Å². The molecule has 0 aliphatic heterocycles. The number of halogens is 1. The van der Waals surface area contributed by atoms with E-state index in [4.69, 9.17) is 16.9 Å². The molecular weight excluding hydrogens is 396 g/mol. The van der Waals surface area contributed by atoms with Crippen LogP contribution in [0.1, 0.15) is 74.1 Å². The lowest BCUT2D eigenvalue weighted by Crippen LogP contribution is -2.55. The van der Waals surface area contributed by atoms with Gasteiger partial charge in [0.15, 0.2) is 9.84 Å². The normalized spacial score (nSPS) is 27.2. The maximum absolute atomic E-state index is 13.8. The van der Waals surface area contributed by atoms with Crippen molar-refractivity contribution in [1.29, 1.82) is 5.26 Å². The van der Waals surface area contributed by atoms with E-state index >= 15 is 0 Å². The van der Waals surface area contributed by atoms with Crippen LogP contribution < -0.4 is 5.32 Å². The van der Waals surface area contributed by atoms with Crippen molar-refractivity contribution in [3.05, 3.63) is 12.2 Å². The summed E-state index contributed by atoms with van der Waals surface area (Å²) < 4.78 is 25.3. The highest BCUT2D eigenvalue weighted by Gasteiger charge is 2.54. The fraction of sp³-hybridized carbons (Fsp3) is 0.810. The van der Waals surface area contributed by atoms with Crippen molar-refractivity contribution >= 4 is 27.3 Å². The van der Waals surface area contributed by atoms with Crippen molar-refractivity contribution in [3.63, 3.8) is 0 Å². The van der Waals surface area contributed by atoms with Gasteiger partial charge in [0.1, 0.15) is 10.3 Å². The zero-order valence-electron chi connectivity index (χ0n) is 18.2. The average molecular weight is 431 g/mol. The molecule has 5 nitrogen and oxygen atoms in total. The minimum absolute atomic E-state index is 0.204. The molecule has 1 rings (SSSR count). The number of allylic oxidation sites excluding steroid dienone is 1. The molecule has 0 bridgehead atoms. The summed E-state index contributed by atoms with van der Waals surface area (Å²) in [5.41, 5.74) is -0.983. The monoisotopic (exact) mass is 430 g/mol. The number of nitrogens with zero attached hydrogens (tertiary/aromatic N) is 1. The summed E-state index contributed by atoms with van der Waals surface area (Å²) in [6.07, 6.45) is 5.59. The van der Waals surface area contributed by atoms with E-state index in [9.17, 15) is 13.2 Å². The summed E-state index contributed by atoms with van der Waals surface area (Å²) in [7, 11) is -3.70. The Hall–Kier alpha value is -1.06. The van der Waals surface area contributed by atoms with Crippen molar-refractivity contribution in [2.24, 2.45) is 11.8 Å². The molecule has 28 heavy (non-hydrogen) atoms. The van der Waals surface area contributed by atoms with E-state index in [1.807, 2.05) is 19.9 Å². The molecule has 0 saturated heterocycles. The Kier molecular flexibility index (Phi) is 7.81. The fourth-order valence-electron chi connectivity index (χ4n) is 3.70. The molecule has 1 N–H and O–H groups in total. The first-order valence-corrected chi connectivity index (χ1v) is 11.8. The van der Waals surface area contributed by atoms with Gasteiger partial charge in [-0.1, -0.05) is 32.4 Å². The zero-order valence-corrected chi connectivity index (χ0v) is 19.7. The van der Waals surface area contributed by atoms with Crippen LogP contribution in [0.4, 0.5) is 0 Å². The molecular formula is C21H35ClN2O3S. The highest BCUT2D eigenvalue weighted by atomic mass is 35.5. The maximum atomic E-state index is 13.8. The quantitative estimate of drug-likeness (QED) is 0.480. The second-order valence-electron chi connectivity index (χ2n) is 9.38. The van der Waals surface area contributed by atoms with Gasteiger partial charge in [0.2, 0.25) is 5.91 Å². The summed E-state index contributed by atoms with van der Waals surface area (Å²) in [5.74, 6) is -0.494. The van der Waals surface area contributed by atoms with Crippen LogP contribution in [0.5, 0.6) is 0 Å². The minimum Gasteiger partial charge on any atom is -0.338 e. The van der Waals surface area contributed by atoms with Gasteiger partial charge < -0.3 is 5.32 Å². The summed E-state index contributed by atoms with van der Waals surface area (Å²) in [4.78, 5) is 12.7. The van der Waals surface area contributed by atoms with Gasteiger partial charge in [-0.2, -0.15) is 5.26 Å². The van der Waals surface area contributed by atoms with Crippen molar-refractivity contribution in [3.8, 4) is 6.07 Å². The lowest BCUT2D eigenvalue weighted by molar-refractivity contribution is -0.127. The largest absolute Gasteiger partial charge is 0.338 e. The molecule has 0 aromatic rings. The van der Waals surface area contributed by atoms with Gasteiger partial charge in [-0.15, -0.1) is 11.6 Å². The molecule has 1 fully saturated rings. The molecule has 4 unspecified atom stereocenters. The standard InChI is InChI=1S/C21H35ClN2O3S/c1-15(2)10-12-21(7,16(3)22)28(26,27)20(6)11-8-9-17(13-20)18(25)24-19(4,5)14-23/h10,12,15-17H,8-9,11,13H2,1-7H3,(H,24,25). The van der Waals surface area contributed by atoms with Crippen molar-refractivity contribution < 1.29 is 13.2 Å². The van der Waals surface area contributed by atoms with Crippen LogP contribution in [0, 0.1) is 23.2 Å². The molecule has 0 aromatic carbocycles. The number of sulfone groups is 1. The molecule has 7 heteroatoms. The van der Waals surface area contributed by atoms with Crippen molar-refractivity contribution in [1.82, 2.24) is 5.32 Å². The van der Waals surface area contributed by atoms with Crippen LogP contribution in [-0.2, 0) is 14.6 Å². The zero-order chi connectivity index (χ0) is 22.0. The van der Waals surface area contributed by atoms with Gasteiger partial charge in [-0.3, -0.25) is 4.79 Å². The molecule has 0 heterocycles. The van der Waals surface area contributed by atoms with Crippen LogP contribution in [0.3, 0.4) is 0 Å². The molecule has 160 valence electrons. The Morgan fingerprint density at radius 1 is 1.32 bits per heavy atom. The Labute approximate surface area is 175 Å². The fourth-order valence-corrected chi connectivity index (χ4v) is 6.71. The SMILES string of the molecule is CC(C)C=CC(C)(C(C)Cl)S(=O)(=O)C1(C)CCCC(C(=O)NC(C)(C)C#N)C1. The van der Waals surface area contributed by atoms with Gasteiger partial charge in [0.05, 0.1) is 16.2 Å². The van der Waals surface area contributed by atoms with E-state index in [2.05, 4.69) is 11.4 Å². The van der Waals surface area contributed by atoms with Gasteiger partial charge in [0.25, 0.3) is 0 Å². The topological polar surface area (TPSA) is 87.0 Å². The number of carbonyl (C=O) groups is 1. The van der Waals surface area contributed by atoms with Crippen molar-refractivity contribution in [2.45, 2.75) is 94.6 Å². The highest BCUT2D eigenvalue weighted by molar-refractivity contribution is 7.94. The van der Waals surface area contributed by atoms with E-state index in [1.54, 1.807) is 40.7 Å². The van der Waals surface area contributed by atoms with Crippen LogP contribution in [0.15, 0.2) is 12.2 Å². The van der Waals surface area contributed by atoms with Crippen LogP contribution in [0.2, 0.25) is 0 Å². The van der Waals surface area contributed by atoms with Crippen molar-refractivity contribution in [2.75, 3.05) is 0 Å². The Morgan fingerprint density at radius 3 is 2.36 bits per heavy atom. The number of amides is 1. The molecule has 1 aliphatic carbocycles. The first-order valence-electron chi connectivity index (χ1n) is 9.93. The molecule has 1 amide bonds. The lowest BCUT2D eigenvalue weighted by Gasteiger charge is -2.43. The first kappa shape index (κ1) is 25.0. The second kappa shape index (κ2) is 8.75. The van der Waals surface area contributed by atoms with E-state index in [0.29, 0.717) is 19.3 Å². The number of nitrogens with one attached hydrogen (secondary N) is 1. The number of alkyl halides is 1. The summed E-state index contributed by atoms with van der Waals surface area (Å²) in [6, 6.07) is 2.05. The lowest BCUT2D eigenvalue weighted by atomic mass is 9.81. The van der Waals surface area contributed by atoms with Gasteiger partial charge in [0, 0.05) is 5.92 Å². The molecule has 0 spiro atoms. The molecule has 0 aromatic heterocycles. The Bertz CT molecular complexity index is 752. The van der Waals surface area contributed by atoms with Gasteiger partial charge in [-0.05, 0) is 59.8 Å². The van der Waals surface area contributed by atoms with Gasteiger partial charge in [-0.25, -0.2) is 8.42 Å². The van der Waals surface area contributed by atoms with Crippen LogP contribution in [-0.4, -0.2) is 34.7 Å². The minimum atomic E-state index is -3.70. The predicted octanol–water partition coefficient (Wildman–Crippen LogP) is 4.37. The van der Waals surface area contributed by atoms with E-state index in [1.165, 1.54) is 0 Å². The summed E-state index contributed by atoms with van der Waals surface area (Å²) >= 11 is 6.39. The summed E-state index contributed by atoms with van der Waals surface area (Å²) in [5, 5.41) is 11.3. The third-order valence-corrected chi connectivity index (χ3v) is 9.75. The van der Waals surface area contributed by atoms with E-state index < -0.39 is 36.2 Å². The number of hydrogen-bond donors (Lipinski definition) is 1. The Morgan fingerprint density at radius 2 is 1.89 bits per heavy atom. The first-order chi connectivity index (χ1) is 12.6. The smallest absolute Gasteiger partial charge is 0.224 e. The average Bonchev–Trinajstić information content (AvgIpc) is 2.58. The number of hydrogen-bond acceptors (Lipinski definition) is 4. The highest BCUT2D eigenvalue weighted by Crippen LogP contribution is 2.45. The van der Waals surface area contributed by atoms with E-state index in [-0.39, 0.29) is 18.2 Å². The number of carbonyl (C=O) groups excluding carboxylic acids is 1. The number of rotatable bonds is 7. The molecule has 4 atom stereocenters. The second-order valence-corrected chi connectivity index (χ2v) is 12.9. The Balaban J connectivity index is 3.24. The molecule has 1 saturated carbocycles. The molecule has 0 radical (unpaired) electrons. The predicted molar refractivity (Wildman–Crippen MR) is 115 cm³/mol. The third kappa shape index (κ3) is 5.10. The molecule has 1 aliphatic rings. The number of nitriles is 1. The van der Waals surface area contributed by atoms with Crippen LogP contribution in [0.25, 0.3) is 0 Å². The summed E-state index contributed by atoms with van der Waals surface area (Å²) in [6.45, 7) is 12.4. The van der Waals surface area contributed by atoms with E-state index in [0.717, 1.165) is 0 Å². The maximum Gasteiger partial charge on any atom is 0.224 e. The third-order valence-electron chi connectivity index (χ3n) is 5.85.